The summed E-state index contributed by atoms with van der Waals surface area (Å²) in [5, 5.41) is 2.21. The van der Waals surface area contributed by atoms with Gasteiger partial charge in [-0.05, 0) is 45.7 Å². The fraction of sp³-hybridized carbons (Fsp3) is 0.0750. The lowest BCUT2D eigenvalue weighted by Gasteiger charge is -2.26. The minimum Gasteiger partial charge on any atom is -0.449 e. The van der Waals surface area contributed by atoms with Crippen LogP contribution >= 0.6 is 0 Å². The van der Waals surface area contributed by atoms with Gasteiger partial charge in [0, 0.05) is 22.1 Å². The molecule has 214 valence electrons. The maximum atomic E-state index is 6.89. The predicted molar refractivity (Wildman–Crippen MR) is 178 cm³/mol. The van der Waals surface area contributed by atoms with Gasteiger partial charge < -0.3 is 9.47 Å². The van der Waals surface area contributed by atoms with Crippen LogP contribution in [-0.2, 0) is 5.41 Å². The lowest BCUT2D eigenvalue weighted by molar-refractivity contribution is 0.361. The van der Waals surface area contributed by atoms with Crippen molar-refractivity contribution in [2.24, 2.45) is 0 Å². The normalized spacial score (nSPS) is 13.6. The highest BCUT2D eigenvalue weighted by Crippen LogP contribution is 2.59. The summed E-state index contributed by atoms with van der Waals surface area (Å²) in [6.45, 7) is 4.52. The number of ether oxygens (including phenoxy) is 2. The van der Waals surface area contributed by atoms with Crippen LogP contribution in [0.15, 0.2) is 127 Å². The summed E-state index contributed by atoms with van der Waals surface area (Å²) in [4.78, 5) is 15.1. The Morgan fingerprint density at radius 2 is 1.11 bits per heavy atom. The molecule has 1 aliphatic carbocycles. The Morgan fingerprint density at radius 1 is 0.467 bits per heavy atom. The van der Waals surface area contributed by atoms with Crippen LogP contribution < -0.4 is 9.47 Å². The van der Waals surface area contributed by atoms with Crippen LogP contribution in [-0.4, -0.2) is 15.0 Å². The second-order valence-electron chi connectivity index (χ2n) is 12.0. The first-order chi connectivity index (χ1) is 22.1. The van der Waals surface area contributed by atoms with Crippen LogP contribution in [0.1, 0.15) is 25.0 Å². The van der Waals surface area contributed by atoms with Gasteiger partial charge in [-0.15, -0.1) is 0 Å². The summed E-state index contributed by atoms with van der Waals surface area (Å²) >= 11 is 0. The lowest BCUT2D eigenvalue weighted by atomic mass is 9.82. The van der Waals surface area contributed by atoms with E-state index in [0.29, 0.717) is 34.7 Å². The number of aromatic nitrogens is 3. The summed E-state index contributed by atoms with van der Waals surface area (Å²) < 4.78 is 13.4. The second-order valence-corrected chi connectivity index (χ2v) is 12.0. The third-order valence-electron chi connectivity index (χ3n) is 9.01. The fourth-order valence-corrected chi connectivity index (χ4v) is 6.78. The van der Waals surface area contributed by atoms with Gasteiger partial charge in [0.25, 0.3) is 0 Å². The molecule has 9 rings (SSSR count). The highest BCUT2D eigenvalue weighted by molar-refractivity contribution is 5.95. The first-order valence-corrected chi connectivity index (χ1v) is 15.1. The van der Waals surface area contributed by atoms with E-state index in [-0.39, 0.29) is 5.41 Å². The number of nitrogens with zero attached hydrogens (tertiary/aromatic N) is 3. The molecule has 2 heterocycles. The third kappa shape index (κ3) is 3.90. The van der Waals surface area contributed by atoms with Crippen molar-refractivity contribution in [3.05, 3.63) is 139 Å². The Balaban J connectivity index is 1.25. The van der Waals surface area contributed by atoms with Gasteiger partial charge in [-0.25, -0.2) is 15.0 Å². The van der Waals surface area contributed by atoms with Crippen LogP contribution in [0.4, 0.5) is 0 Å². The first kappa shape index (κ1) is 25.7. The monoisotopic (exact) mass is 581 g/mol. The molecular formula is C40H27N3O2. The van der Waals surface area contributed by atoms with Gasteiger partial charge in [0.1, 0.15) is 0 Å². The maximum absolute atomic E-state index is 6.89. The molecule has 0 amide bonds. The van der Waals surface area contributed by atoms with Gasteiger partial charge in [0.15, 0.2) is 40.5 Å². The minimum absolute atomic E-state index is 0.156. The average Bonchev–Trinajstić information content (AvgIpc) is 3.33. The molecule has 7 aromatic rings. The molecule has 1 aromatic heterocycles. The zero-order valence-electron chi connectivity index (χ0n) is 24.8. The Bertz CT molecular complexity index is 2310. The lowest BCUT2D eigenvalue weighted by Crippen LogP contribution is -2.15. The summed E-state index contributed by atoms with van der Waals surface area (Å²) in [7, 11) is 0. The van der Waals surface area contributed by atoms with Gasteiger partial charge >= 0.3 is 0 Å². The predicted octanol–water partition coefficient (Wildman–Crippen LogP) is 10.2. The SMILES string of the molecule is CC1(C)c2ccccc2-c2c1ccc1c2Oc2c(cccc2-c2nc(-c3ccccc3)nc(-c3cccc4ccccc34)n2)O1. The quantitative estimate of drug-likeness (QED) is 0.208. The number of para-hydroxylation sites is 1. The van der Waals surface area contributed by atoms with Gasteiger partial charge in [-0.3, -0.25) is 0 Å². The highest BCUT2D eigenvalue weighted by Gasteiger charge is 2.40. The van der Waals surface area contributed by atoms with E-state index in [2.05, 4.69) is 68.4 Å². The molecule has 1 aliphatic heterocycles. The number of benzene rings is 6. The summed E-state index contributed by atoms with van der Waals surface area (Å²) in [6.07, 6.45) is 0. The van der Waals surface area contributed by atoms with Crippen molar-refractivity contribution in [1.82, 2.24) is 15.0 Å². The smallest absolute Gasteiger partial charge is 0.181 e. The van der Waals surface area contributed by atoms with Crippen molar-refractivity contribution in [2.45, 2.75) is 19.3 Å². The van der Waals surface area contributed by atoms with Crippen LogP contribution in [0, 0.1) is 0 Å². The second kappa shape index (κ2) is 9.60. The minimum atomic E-state index is -0.156. The van der Waals surface area contributed by atoms with E-state index in [1.165, 1.54) is 16.7 Å². The topological polar surface area (TPSA) is 57.1 Å². The summed E-state index contributed by atoms with van der Waals surface area (Å²) in [5.41, 5.74) is 7.18. The Hall–Kier alpha value is -5.81. The Labute approximate surface area is 260 Å². The van der Waals surface area contributed by atoms with Crippen LogP contribution in [0.2, 0.25) is 0 Å². The number of hydrogen-bond donors (Lipinski definition) is 0. The largest absolute Gasteiger partial charge is 0.449 e. The number of fused-ring (bicyclic) bond motifs is 7. The van der Waals surface area contributed by atoms with Crippen LogP contribution in [0.5, 0.6) is 23.0 Å². The fourth-order valence-electron chi connectivity index (χ4n) is 6.78. The molecule has 0 N–H and O–H groups in total. The maximum Gasteiger partial charge on any atom is 0.181 e. The van der Waals surface area contributed by atoms with E-state index in [1.54, 1.807) is 0 Å². The molecule has 0 unspecified atom stereocenters. The standard InChI is InChI=1S/C40H27N3O2/c1-40(2)30-20-9-8-17-28(30)34-31(40)22-23-33-36(34)45-35-29(19-11-21-32(35)44-33)39-42-37(25-13-4-3-5-14-25)41-38(43-39)27-18-10-15-24-12-6-7-16-26(24)27/h3-23H,1-2H3. The Morgan fingerprint density at radius 3 is 2.00 bits per heavy atom. The molecule has 5 nitrogen and oxygen atoms in total. The molecule has 0 atom stereocenters. The molecule has 45 heavy (non-hydrogen) atoms. The van der Waals surface area contributed by atoms with Crippen molar-refractivity contribution in [1.29, 1.82) is 0 Å². The average molecular weight is 582 g/mol. The summed E-state index contributed by atoms with van der Waals surface area (Å²) in [5.74, 6) is 4.34. The van der Waals surface area contributed by atoms with E-state index in [0.717, 1.165) is 38.8 Å². The molecule has 0 saturated heterocycles. The molecule has 5 heteroatoms. The Kier molecular flexibility index (Phi) is 5.47. The van der Waals surface area contributed by atoms with Crippen molar-refractivity contribution >= 4 is 10.8 Å². The molecule has 0 bridgehead atoms. The molecule has 2 aliphatic rings. The number of rotatable bonds is 3. The zero-order valence-corrected chi connectivity index (χ0v) is 24.8. The van der Waals surface area contributed by atoms with Gasteiger partial charge in [-0.2, -0.15) is 0 Å². The molecular weight excluding hydrogens is 554 g/mol. The van der Waals surface area contributed by atoms with Crippen molar-refractivity contribution in [3.8, 4) is 68.3 Å². The van der Waals surface area contributed by atoms with Crippen LogP contribution in [0.25, 0.3) is 56.1 Å². The molecule has 0 fully saturated rings. The third-order valence-corrected chi connectivity index (χ3v) is 9.01. The van der Waals surface area contributed by atoms with E-state index < -0.39 is 0 Å². The highest BCUT2D eigenvalue weighted by atomic mass is 16.6. The van der Waals surface area contributed by atoms with E-state index >= 15 is 0 Å². The van der Waals surface area contributed by atoms with Gasteiger partial charge in [0.05, 0.1) is 5.56 Å². The summed E-state index contributed by atoms with van der Waals surface area (Å²) in [6, 6.07) is 43.1. The molecule has 6 aromatic carbocycles. The molecule has 0 spiro atoms. The van der Waals surface area contributed by atoms with E-state index in [9.17, 15) is 0 Å². The molecule has 0 saturated carbocycles. The van der Waals surface area contributed by atoms with Gasteiger partial charge in [0.2, 0.25) is 0 Å². The van der Waals surface area contributed by atoms with Crippen molar-refractivity contribution < 1.29 is 9.47 Å². The first-order valence-electron chi connectivity index (χ1n) is 15.1. The van der Waals surface area contributed by atoms with Crippen LogP contribution in [0.3, 0.4) is 0 Å². The van der Waals surface area contributed by atoms with Gasteiger partial charge in [-0.1, -0.05) is 123 Å². The van der Waals surface area contributed by atoms with E-state index in [4.69, 9.17) is 24.4 Å². The van der Waals surface area contributed by atoms with Crippen molar-refractivity contribution in [2.75, 3.05) is 0 Å². The number of hydrogen-bond acceptors (Lipinski definition) is 5. The van der Waals surface area contributed by atoms with Crippen molar-refractivity contribution in [3.63, 3.8) is 0 Å². The van der Waals surface area contributed by atoms with E-state index in [1.807, 2.05) is 72.8 Å². The molecule has 0 radical (unpaired) electrons. The zero-order chi connectivity index (χ0) is 30.1.